The zero-order valence-corrected chi connectivity index (χ0v) is 18.9. The first-order chi connectivity index (χ1) is 15.1. The Morgan fingerprint density at radius 2 is 1.91 bits per heavy atom. The molecule has 11 heteroatoms. The summed E-state index contributed by atoms with van der Waals surface area (Å²) in [5, 5.41) is 0. The van der Waals surface area contributed by atoms with E-state index >= 15 is 0 Å². The Labute approximate surface area is 185 Å². The van der Waals surface area contributed by atoms with Crippen LogP contribution in [-0.2, 0) is 17.1 Å². The van der Waals surface area contributed by atoms with Crippen molar-refractivity contribution in [3.05, 3.63) is 42.4 Å². The van der Waals surface area contributed by atoms with Gasteiger partial charge in [0, 0.05) is 33.3 Å². The summed E-state index contributed by atoms with van der Waals surface area (Å²) >= 11 is 0. The zero-order chi connectivity index (χ0) is 23.0. The summed E-state index contributed by atoms with van der Waals surface area (Å²) in [4.78, 5) is 10.3. The lowest BCUT2D eigenvalue weighted by molar-refractivity contribution is -0.0495. The second-order valence-corrected chi connectivity index (χ2v) is 9.97. The van der Waals surface area contributed by atoms with Crippen molar-refractivity contribution in [2.75, 3.05) is 31.3 Å². The maximum absolute atomic E-state index is 13.2. The van der Waals surface area contributed by atoms with E-state index in [1.807, 2.05) is 23.7 Å². The Morgan fingerprint density at radius 1 is 1.19 bits per heavy atom. The van der Waals surface area contributed by atoms with Crippen LogP contribution in [0.2, 0.25) is 0 Å². The summed E-state index contributed by atoms with van der Waals surface area (Å²) in [7, 11) is 0.379. The summed E-state index contributed by atoms with van der Waals surface area (Å²) in [5.74, 6) is 0.683. The van der Waals surface area contributed by atoms with Gasteiger partial charge in [-0.2, -0.15) is 8.78 Å². The summed E-state index contributed by atoms with van der Waals surface area (Å²) in [5.41, 5.74) is 2.91. The topological polar surface area (TPSA) is 80.6 Å². The lowest BCUT2D eigenvalue weighted by Gasteiger charge is -2.31. The fraction of sp³-hybridized carbons (Fsp3) is 0.429. The molecular formula is C21H25F2N5O3S. The number of fused-ring (bicyclic) bond motifs is 1. The van der Waals surface area contributed by atoms with Crippen LogP contribution in [0.25, 0.3) is 11.0 Å². The van der Waals surface area contributed by atoms with Gasteiger partial charge in [0.2, 0.25) is 10.0 Å². The summed E-state index contributed by atoms with van der Waals surface area (Å²) < 4.78 is 58.1. The molecule has 3 heterocycles. The average molecular weight is 466 g/mol. The third-order valence-electron chi connectivity index (χ3n) is 5.90. The lowest BCUT2D eigenvalue weighted by Crippen LogP contribution is -2.37. The van der Waals surface area contributed by atoms with E-state index in [1.165, 1.54) is 10.6 Å². The Hall–Kier alpha value is -2.79. The number of sulfonamides is 1. The molecular weight excluding hydrogens is 440 g/mol. The van der Waals surface area contributed by atoms with Gasteiger partial charge in [0.1, 0.15) is 17.1 Å². The number of halogens is 2. The number of piperidine rings is 1. The average Bonchev–Trinajstić information content (AvgIpc) is 3.12. The Morgan fingerprint density at radius 3 is 2.56 bits per heavy atom. The fourth-order valence-electron chi connectivity index (χ4n) is 4.10. The number of ether oxygens (including phenoxy) is 1. The van der Waals surface area contributed by atoms with Gasteiger partial charge in [-0.15, -0.1) is 0 Å². The van der Waals surface area contributed by atoms with Gasteiger partial charge in [0.15, 0.2) is 0 Å². The quantitative estimate of drug-likeness (QED) is 0.555. The molecule has 0 saturated carbocycles. The Balaban J connectivity index is 1.63. The molecule has 1 aliphatic rings. The number of hydrogen-bond acceptors (Lipinski definition) is 6. The van der Waals surface area contributed by atoms with Crippen molar-refractivity contribution in [2.24, 2.45) is 7.05 Å². The predicted octanol–water partition coefficient (Wildman–Crippen LogP) is 3.48. The van der Waals surface area contributed by atoms with Crippen molar-refractivity contribution in [3.63, 3.8) is 0 Å². The lowest BCUT2D eigenvalue weighted by atomic mass is 9.90. The number of rotatable bonds is 6. The molecule has 32 heavy (non-hydrogen) atoms. The number of aromatic nitrogens is 3. The number of benzene rings is 1. The highest BCUT2D eigenvalue weighted by atomic mass is 32.2. The Kier molecular flexibility index (Phi) is 6.04. The van der Waals surface area contributed by atoms with Crippen LogP contribution >= 0.6 is 0 Å². The van der Waals surface area contributed by atoms with Crippen molar-refractivity contribution in [1.82, 2.24) is 18.8 Å². The molecule has 172 valence electrons. The highest BCUT2D eigenvalue weighted by molar-refractivity contribution is 7.88. The Bertz CT molecular complexity index is 1220. The van der Waals surface area contributed by atoms with Gasteiger partial charge in [0.05, 0.1) is 30.0 Å². The van der Waals surface area contributed by atoms with E-state index in [2.05, 4.69) is 9.97 Å². The molecule has 0 spiro atoms. The monoisotopic (exact) mass is 465 g/mol. The third-order valence-corrected chi connectivity index (χ3v) is 7.20. The van der Waals surface area contributed by atoms with E-state index in [9.17, 15) is 17.2 Å². The summed E-state index contributed by atoms with van der Waals surface area (Å²) in [6, 6.07) is 7.09. The first-order valence-electron chi connectivity index (χ1n) is 10.2. The second kappa shape index (κ2) is 8.62. The van der Waals surface area contributed by atoms with Crippen LogP contribution in [0.15, 0.2) is 36.8 Å². The van der Waals surface area contributed by atoms with Crippen LogP contribution in [-0.4, -0.2) is 60.3 Å². The van der Waals surface area contributed by atoms with Crippen molar-refractivity contribution < 1.29 is 21.9 Å². The van der Waals surface area contributed by atoms with Crippen molar-refractivity contribution in [1.29, 1.82) is 0 Å². The standard InChI is InChI=1S/C21H25F2N5O3S/c1-26-13-25-16-12-24-20(11-18(16)26)27(2)17-5-4-15(10-19(17)31-21(22)23)14-6-8-28(9-7-14)32(3,29)30/h4-5,10-14,21H,6-9H2,1-3H3. The van der Waals surface area contributed by atoms with Crippen molar-refractivity contribution in [3.8, 4) is 5.75 Å². The van der Waals surface area contributed by atoms with Gasteiger partial charge in [0.25, 0.3) is 0 Å². The smallest absolute Gasteiger partial charge is 0.387 e. The molecule has 0 amide bonds. The molecule has 1 fully saturated rings. The molecule has 0 radical (unpaired) electrons. The van der Waals surface area contributed by atoms with Crippen molar-refractivity contribution >= 4 is 32.6 Å². The molecule has 0 unspecified atom stereocenters. The number of hydrogen-bond donors (Lipinski definition) is 0. The number of alkyl halides is 2. The van der Waals surface area contributed by atoms with E-state index in [4.69, 9.17) is 4.74 Å². The highest BCUT2D eigenvalue weighted by Gasteiger charge is 2.27. The zero-order valence-electron chi connectivity index (χ0n) is 18.1. The van der Waals surface area contributed by atoms with Crippen LogP contribution in [0, 0.1) is 0 Å². The van der Waals surface area contributed by atoms with E-state index in [1.54, 1.807) is 36.6 Å². The maximum atomic E-state index is 13.2. The van der Waals surface area contributed by atoms with Gasteiger partial charge in [-0.3, -0.25) is 0 Å². The second-order valence-electron chi connectivity index (χ2n) is 7.99. The molecule has 4 rings (SSSR count). The molecule has 3 aromatic rings. The van der Waals surface area contributed by atoms with Crippen LogP contribution < -0.4 is 9.64 Å². The summed E-state index contributed by atoms with van der Waals surface area (Å²) in [6.07, 6.45) is 5.76. The number of aryl methyl sites for hydroxylation is 1. The minimum absolute atomic E-state index is 0.0532. The predicted molar refractivity (Wildman–Crippen MR) is 118 cm³/mol. The van der Waals surface area contributed by atoms with Crippen molar-refractivity contribution in [2.45, 2.75) is 25.4 Å². The molecule has 0 atom stereocenters. The van der Waals surface area contributed by atoms with Gasteiger partial charge in [-0.1, -0.05) is 6.07 Å². The number of nitrogens with zero attached hydrogens (tertiary/aromatic N) is 5. The van der Waals surface area contributed by atoms with Gasteiger partial charge >= 0.3 is 6.61 Å². The number of anilines is 2. The first kappa shape index (κ1) is 22.4. The third kappa shape index (κ3) is 4.53. The van der Waals surface area contributed by atoms with E-state index in [-0.39, 0.29) is 11.7 Å². The largest absolute Gasteiger partial charge is 0.433 e. The molecule has 1 aliphatic heterocycles. The van der Waals surface area contributed by atoms with Crippen LogP contribution in [0.5, 0.6) is 5.75 Å². The minimum atomic E-state index is -3.23. The number of imidazole rings is 1. The molecule has 1 saturated heterocycles. The first-order valence-corrected chi connectivity index (χ1v) is 12.0. The normalized spacial score (nSPS) is 16.1. The molecule has 0 N–H and O–H groups in total. The van der Waals surface area contributed by atoms with Gasteiger partial charge in [-0.05, 0) is 36.5 Å². The van der Waals surface area contributed by atoms with Crippen LogP contribution in [0.1, 0.15) is 24.3 Å². The molecule has 1 aromatic carbocycles. The highest BCUT2D eigenvalue weighted by Crippen LogP contribution is 2.38. The molecule has 2 aromatic heterocycles. The van der Waals surface area contributed by atoms with Gasteiger partial charge < -0.3 is 14.2 Å². The molecule has 0 bridgehead atoms. The van der Waals surface area contributed by atoms with E-state index in [0.717, 1.165) is 16.6 Å². The van der Waals surface area contributed by atoms with Crippen LogP contribution in [0.4, 0.5) is 20.3 Å². The SMILES string of the molecule is CN(c1cc2c(cn1)ncn2C)c1ccc(C2CCN(S(C)(=O)=O)CC2)cc1OC(F)F. The number of pyridine rings is 1. The van der Waals surface area contributed by atoms with E-state index < -0.39 is 16.6 Å². The van der Waals surface area contributed by atoms with Gasteiger partial charge in [-0.25, -0.2) is 22.7 Å². The van der Waals surface area contributed by atoms with Crippen LogP contribution in [0.3, 0.4) is 0 Å². The summed E-state index contributed by atoms with van der Waals surface area (Å²) in [6.45, 7) is -2.16. The maximum Gasteiger partial charge on any atom is 0.387 e. The fourth-order valence-corrected chi connectivity index (χ4v) is 4.97. The minimum Gasteiger partial charge on any atom is -0.433 e. The molecule has 0 aliphatic carbocycles. The van der Waals surface area contributed by atoms with E-state index in [0.29, 0.717) is 37.4 Å². The molecule has 8 nitrogen and oxygen atoms in total.